The first-order chi connectivity index (χ1) is 8.51. The van der Waals surface area contributed by atoms with Crippen LogP contribution in [0.15, 0.2) is 29.2 Å². The van der Waals surface area contributed by atoms with Gasteiger partial charge in [-0.05, 0) is 50.6 Å². The second kappa shape index (κ2) is 5.26. The first-order valence-electron chi connectivity index (χ1n) is 6.07. The molecule has 0 aromatic heterocycles. The Kier molecular flexibility index (Phi) is 3.89. The molecule has 0 saturated heterocycles. The van der Waals surface area contributed by atoms with Crippen LogP contribution in [-0.2, 0) is 10.0 Å². The number of benzene rings is 1. The van der Waals surface area contributed by atoms with E-state index in [9.17, 15) is 8.42 Å². The predicted molar refractivity (Wildman–Crippen MR) is 71.9 cm³/mol. The van der Waals surface area contributed by atoms with Crippen LogP contribution in [0.1, 0.15) is 19.3 Å². The third kappa shape index (κ3) is 3.01. The van der Waals surface area contributed by atoms with Crippen molar-refractivity contribution in [1.82, 2.24) is 4.72 Å². The monoisotopic (exact) mass is 269 g/mol. The molecule has 2 unspecified atom stereocenters. The van der Waals surface area contributed by atoms with Gasteiger partial charge in [0.1, 0.15) is 0 Å². The molecular weight excluding hydrogens is 250 g/mol. The third-order valence-electron chi connectivity index (χ3n) is 3.28. The van der Waals surface area contributed by atoms with E-state index in [-0.39, 0.29) is 10.9 Å². The summed E-state index contributed by atoms with van der Waals surface area (Å²) in [6, 6.07) is 7.45. The van der Waals surface area contributed by atoms with Gasteiger partial charge in [-0.1, -0.05) is 0 Å². The van der Waals surface area contributed by atoms with Crippen LogP contribution in [-0.4, -0.2) is 27.5 Å². The van der Waals surface area contributed by atoms with Gasteiger partial charge in [-0.3, -0.25) is 0 Å². The van der Waals surface area contributed by atoms with Crippen LogP contribution in [0.25, 0.3) is 0 Å². The number of anilines is 1. The van der Waals surface area contributed by atoms with Gasteiger partial charge in [-0.2, -0.15) is 0 Å². The minimum absolute atomic E-state index is 0.277. The van der Waals surface area contributed by atoms with Gasteiger partial charge in [0.25, 0.3) is 0 Å². The zero-order chi connectivity index (χ0) is 13.2. The van der Waals surface area contributed by atoms with Gasteiger partial charge < -0.3 is 11.1 Å². The Morgan fingerprint density at radius 3 is 2.39 bits per heavy atom. The third-order valence-corrected chi connectivity index (χ3v) is 4.71. The van der Waals surface area contributed by atoms with Gasteiger partial charge in [-0.15, -0.1) is 0 Å². The Morgan fingerprint density at radius 2 is 1.89 bits per heavy atom. The van der Waals surface area contributed by atoms with Crippen molar-refractivity contribution in [3.63, 3.8) is 0 Å². The Labute approximate surface area is 108 Å². The Bertz CT molecular complexity index is 499. The van der Waals surface area contributed by atoms with Crippen LogP contribution >= 0.6 is 0 Å². The molecule has 1 aliphatic rings. The van der Waals surface area contributed by atoms with E-state index in [0.29, 0.717) is 6.04 Å². The van der Waals surface area contributed by atoms with E-state index in [1.54, 1.807) is 24.3 Å². The number of hydrogen-bond donors (Lipinski definition) is 3. The molecule has 1 aliphatic carbocycles. The van der Waals surface area contributed by atoms with Crippen molar-refractivity contribution in [3.05, 3.63) is 24.3 Å². The predicted octanol–water partition coefficient (Wildman–Crippen LogP) is 0.886. The molecule has 0 spiro atoms. The van der Waals surface area contributed by atoms with Crippen molar-refractivity contribution in [3.8, 4) is 0 Å². The summed E-state index contributed by atoms with van der Waals surface area (Å²) in [5.74, 6) is 0. The van der Waals surface area contributed by atoms with Crippen molar-refractivity contribution in [1.29, 1.82) is 0 Å². The lowest BCUT2D eigenvalue weighted by Crippen LogP contribution is -2.21. The lowest BCUT2D eigenvalue weighted by molar-refractivity contribution is 0.588. The summed E-state index contributed by atoms with van der Waals surface area (Å²) < 4.78 is 25.4. The number of nitrogens with one attached hydrogen (secondary N) is 2. The summed E-state index contributed by atoms with van der Waals surface area (Å²) in [6.07, 6.45) is 3.08. The second-order valence-corrected chi connectivity index (χ2v) is 6.53. The molecule has 1 aromatic carbocycles. The van der Waals surface area contributed by atoms with Crippen LogP contribution < -0.4 is 15.8 Å². The van der Waals surface area contributed by atoms with E-state index in [1.807, 2.05) is 0 Å². The summed E-state index contributed by atoms with van der Waals surface area (Å²) >= 11 is 0. The molecule has 0 radical (unpaired) electrons. The van der Waals surface area contributed by atoms with E-state index in [1.165, 1.54) is 7.05 Å². The van der Waals surface area contributed by atoms with Gasteiger partial charge in [0.2, 0.25) is 10.0 Å². The Morgan fingerprint density at radius 1 is 1.22 bits per heavy atom. The molecule has 2 atom stereocenters. The van der Waals surface area contributed by atoms with Crippen molar-refractivity contribution < 1.29 is 8.42 Å². The molecule has 1 fully saturated rings. The van der Waals surface area contributed by atoms with Crippen LogP contribution in [0.5, 0.6) is 0 Å². The first-order valence-corrected chi connectivity index (χ1v) is 7.55. The van der Waals surface area contributed by atoms with Gasteiger partial charge in [0, 0.05) is 17.8 Å². The number of sulfonamides is 1. The van der Waals surface area contributed by atoms with Crippen LogP contribution in [0, 0.1) is 0 Å². The normalized spacial score (nSPS) is 24.1. The van der Waals surface area contributed by atoms with E-state index in [2.05, 4.69) is 10.0 Å². The maximum absolute atomic E-state index is 11.6. The van der Waals surface area contributed by atoms with E-state index >= 15 is 0 Å². The lowest BCUT2D eigenvalue weighted by atomic mass is 10.2. The van der Waals surface area contributed by atoms with Crippen molar-refractivity contribution in [2.45, 2.75) is 36.2 Å². The average molecular weight is 269 g/mol. The SMILES string of the molecule is CNS(=O)(=O)c1ccc(NC2CCC(N)C2)cc1. The number of nitrogens with two attached hydrogens (primary N) is 1. The smallest absolute Gasteiger partial charge is 0.240 e. The van der Waals surface area contributed by atoms with E-state index in [4.69, 9.17) is 5.73 Å². The zero-order valence-corrected chi connectivity index (χ0v) is 11.2. The number of rotatable bonds is 4. The average Bonchev–Trinajstić information content (AvgIpc) is 2.75. The van der Waals surface area contributed by atoms with Gasteiger partial charge in [0.05, 0.1) is 4.90 Å². The molecule has 18 heavy (non-hydrogen) atoms. The molecule has 6 heteroatoms. The fraction of sp³-hybridized carbons (Fsp3) is 0.500. The summed E-state index contributed by atoms with van der Waals surface area (Å²) in [6.45, 7) is 0. The van der Waals surface area contributed by atoms with Gasteiger partial charge in [0.15, 0.2) is 0 Å². The maximum atomic E-state index is 11.6. The van der Waals surface area contributed by atoms with Crippen molar-refractivity contribution >= 4 is 15.7 Å². The highest BCUT2D eigenvalue weighted by atomic mass is 32.2. The highest BCUT2D eigenvalue weighted by molar-refractivity contribution is 7.89. The minimum Gasteiger partial charge on any atom is -0.382 e. The lowest BCUT2D eigenvalue weighted by Gasteiger charge is -2.14. The second-order valence-electron chi connectivity index (χ2n) is 4.65. The zero-order valence-electron chi connectivity index (χ0n) is 10.4. The molecule has 5 nitrogen and oxygen atoms in total. The Hall–Kier alpha value is -1.11. The van der Waals surface area contributed by atoms with Crippen LogP contribution in [0.3, 0.4) is 0 Å². The van der Waals surface area contributed by atoms with Gasteiger partial charge >= 0.3 is 0 Å². The van der Waals surface area contributed by atoms with E-state index in [0.717, 1.165) is 24.9 Å². The molecule has 100 valence electrons. The fourth-order valence-electron chi connectivity index (χ4n) is 2.23. The largest absolute Gasteiger partial charge is 0.382 e. The summed E-state index contributed by atoms with van der Waals surface area (Å²) in [5, 5.41) is 3.37. The molecule has 0 heterocycles. The highest BCUT2D eigenvalue weighted by Gasteiger charge is 2.21. The molecule has 1 aromatic rings. The maximum Gasteiger partial charge on any atom is 0.240 e. The fourth-order valence-corrected chi connectivity index (χ4v) is 2.96. The molecule has 0 bridgehead atoms. The topological polar surface area (TPSA) is 84.2 Å². The first kappa shape index (κ1) is 13.3. The molecule has 2 rings (SSSR count). The van der Waals surface area contributed by atoms with Crippen LogP contribution in [0.4, 0.5) is 5.69 Å². The Balaban J connectivity index is 2.04. The summed E-state index contributed by atoms with van der Waals surface area (Å²) in [5.41, 5.74) is 6.78. The summed E-state index contributed by atoms with van der Waals surface area (Å²) in [7, 11) is -1.94. The van der Waals surface area contributed by atoms with Crippen LogP contribution in [0.2, 0.25) is 0 Å². The van der Waals surface area contributed by atoms with Gasteiger partial charge in [-0.25, -0.2) is 13.1 Å². The molecule has 1 saturated carbocycles. The summed E-state index contributed by atoms with van der Waals surface area (Å²) in [4.78, 5) is 0.277. The molecule has 0 aliphatic heterocycles. The molecular formula is C12H19N3O2S. The highest BCUT2D eigenvalue weighted by Crippen LogP contribution is 2.22. The quantitative estimate of drug-likeness (QED) is 0.758. The van der Waals surface area contributed by atoms with E-state index < -0.39 is 10.0 Å². The van der Waals surface area contributed by atoms with Crippen molar-refractivity contribution in [2.24, 2.45) is 5.73 Å². The van der Waals surface area contributed by atoms with Crippen molar-refractivity contribution in [2.75, 3.05) is 12.4 Å². The molecule has 4 N–H and O–H groups in total. The molecule has 0 amide bonds. The minimum atomic E-state index is -3.35. The number of hydrogen-bond acceptors (Lipinski definition) is 4. The standard InChI is InChI=1S/C12H19N3O2S/c1-14-18(16,17)12-6-4-10(5-7-12)15-11-3-2-9(13)8-11/h4-7,9,11,14-15H,2-3,8,13H2,1H3.